The van der Waals surface area contributed by atoms with Gasteiger partial charge in [-0.25, -0.2) is 4.79 Å². The van der Waals surface area contributed by atoms with Crippen LogP contribution in [0.4, 0.5) is 10.5 Å². The minimum Gasteiger partial charge on any atom is -0.507 e. The molecule has 7 nitrogen and oxygen atoms in total. The normalized spacial score (nSPS) is 11.3. The first-order valence-electron chi connectivity index (χ1n) is 5.99. The number of hydrogen-bond acceptors (Lipinski definition) is 5. The lowest BCUT2D eigenvalue weighted by atomic mass is 10.1. The first-order chi connectivity index (χ1) is 9.81. The molecule has 3 N–H and O–H groups in total. The molecule has 0 saturated heterocycles. The molecule has 0 atom stereocenters. The number of aromatic hydroxyl groups is 1. The molecule has 21 heavy (non-hydrogen) atoms. The summed E-state index contributed by atoms with van der Waals surface area (Å²) in [6, 6.07) is 6.65. The Balaban J connectivity index is 2.45. The van der Waals surface area contributed by atoms with E-state index in [4.69, 9.17) is 9.29 Å². The van der Waals surface area contributed by atoms with Crippen molar-refractivity contribution in [1.82, 2.24) is 0 Å². The molecule has 0 radical (unpaired) electrons. The Labute approximate surface area is 120 Å². The van der Waals surface area contributed by atoms with Gasteiger partial charge in [0.15, 0.2) is 0 Å². The summed E-state index contributed by atoms with van der Waals surface area (Å²) in [5.74, 6) is -0.326. The molecule has 0 spiro atoms. The van der Waals surface area contributed by atoms with Crippen molar-refractivity contribution in [2.45, 2.75) is 11.8 Å². The largest absolute Gasteiger partial charge is 0.507 e. The molecule has 0 saturated carbocycles. The number of fused-ring (bicyclic) bond motifs is 1. The van der Waals surface area contributed by atoms with Gasteiger partial charge in [-0.2, -0.15) is 8.42 Å². The zero-order valence-corrected chi connectivity index (χ0v) is 11.8. The lowest BCUT2D eigenvalue weighted by Gasteiger charge is -2.08. The van der Waals surface area contributed by atoms with Crippen LogP contribution in [0.15, 0.2) is 35.2 Å². The summed E-state index contributed by atoms with van der Waals surface area (Å²) >= 11 is 0. The highest BCUT2D eigenvalue weighted by atomic mass is 32.2. The Bertz CT molecular complexity index is 800. The molecule has 8 heteroatoms. The second-order valence-corrected chi connectivity index (χ2v) is 5.62. The highest BCUT2D eigenvalue weighted by Gasteiger charge is 2.14. The number of rotatable bonds is 3. The SMILES string of the molecule is CCOC(=O)Nc1ccc2cc(S(=O)(=O)O)cc(O)c2c1. The number of phenolic OH excluding ortho intramolecular Hbond substituents is 1. The van der Waals surface area contributed by atoms with Crippen molar-refractivity contribution in [3.05, 3.63) is 30.3 Å². The molecule has 0 fully saturated rings. The molecule has 2 aromatic carbocycles. The zero-order valence-electron chi connectivity index (χ0n) is 11.0. The fourth-order valence-electron chi connectivity index (χ4n) is 1.82. The predicted octanol–water partition coefficient (Wildman–Crippen LogP) is 2.36. The van der Waals surface area contributed by atoms with Gasteiger partial charge in [0.2, 0.25) is 0 Å². The van der Waals surface area contributed by atoms with Crippen molar-refractivity contribution in [3.63, 3.8) is 0 Å². The maximum Gasteiger partial charge on any atom is 0.411 e. The Morgan fingerprint density at radius 2 is 2.00 bits per heavy atom. The van der Waals surface area contributed by atoms with E-state index >= 15 is 0 Å². The van der Waals surface area contributed by atoms with Gasteiger partial charge in [0.05, 0.1) is 11.5 Å². The first kappa shape index (κ1) is 15.1. The molecule has 0 aliphatic carbocycles. The van der Waals surface area contributed by atoms with E-state index in [-0.39, 0.29) is 12.4 Å². The van der Waals surface area contributed by atoms with Gasteiger partial charge in [-0.1, -0.05) is 6.07 Å². The fourth-order valence-corrected chi connectivity index (χ4v) is 2.36. The van der Waals surface area contributed by atoms with Gasteiger partial charge in [0.25, 0.3) is 10.1 Å². The Morgan fingerprint density at radius 1 is 1.29 bits per heavy atom. The monoisotopic (exact) mass is 311 g/mol. The van der Waals surface area contributed by atoms with E-state index in [9.17, 15) is 18.3 Å². The summed E-state index contributed by atoms with van der Waals surface area (Å²) in [4.78, 5) is 10.9. The van der Waals surface area contributed by atoms with Gasteiger partial charge < -0.3 is 9.84 Å². The number of carbonyl (C=O) groups is 1. The van der Waals surface area contributed by atoms with Gasteiger partial charge in [0, 0.05) is 17.1 Å². The van der Waals surface area contributed by atoms with Crippen LogP contribution in [0.2, 0.25) is 0 Å². The summed E-state index contributed by atoms with van der Waals surface area (Å²) in [6.45, 7) is 1.89. The lowest BCUT2D eigenvalue weighted by molar-refractivity contribution is 0.168. The first-order valence-corrected chi connectivity index (χ1v) is 7.43. The molecular weight excluding hydrogens is 298 g/mol. The van der Waals surface area contributed by atoms with E-state index in [0.717, 1.165) is 6.07 Å². The number of phenols is 1. The standard InChI is InChI=1S/C13H13NO6S/c1-2-20-13(16)14-9-4-3-8-5-10(21(17,18)19)7-12(15)11(8)6-9/h3-7,15H,2H2,1H3,(H,14,16)(H,17,18,19). The van der Waals surface area contributed by atoms with Crippen molar-refractivity contribution < 1.29 is 27.6 Å². The average molecular weight is 311 g/mol. The van der Waals surface area contributed by atoms with Gasteiger partial charge in [0.1, 0.15) is 5.75 Å². The number of benzene rings is 2. The second-order valence-electron chi connectivity index (χ2n) is 4.20. The van der Waals surface area contributed by atoms with Gasteiger partial charge in [-0.15, -0.1) is 0 Å². The number of amides is 1. The molecule has 2 rings (SSSR count). The summed E-state index contributed by atoms with van der Waals surface area (Å²) in [5.41, 5.74) is 0.385. The van der Waals surface area contributed by atoms with Crippen LogP contribution < -0.4 is 5.32 Å². The number of ether oxygens (including phenoxy) is 1. The van der Waals surface area contributed by atoms with Crippen LogP contribution in [0.25, 0.3) is 10.8 Å². The quantitative estimate of drug-likeness (QED) is 0.750. The van der Waals surface area contributed by atoms with Crippen LogP contribution in [-0.4, -0.2) is 30.8 Å². The molecule has 112 valence electrons. The summed E-state index contributed by atoms with van der Waals surface area (Å²) in [7, 11) is -4.40. The molecule has 0 aliphatic rings. The maximum atomic E-state index is 11.3. The Kier molecular flexibility index (Phi) is 4.01. The highest BCUT2D eigenvalue weighted by molar-refractivity contribution is 7.85. The van der Waals surface area contributed by atoms with Crippen LogP contribution in [0.5, 0.6) is 5.75 Å². The molecule has 0 aliphatic heterocycles. The van der Waals surface area contributed by atoms with E-state index in [2.05, 4.69) is 5.32 Å². The minimum absolute atomic E-state index is 0.225. The summed E-state index contributed by atoms with van der Waals surface area (Å²) in [5, 5.41) is 13.1. The van der Waals surface area contributed by atoms with Crippen molar-refractivity contribution in [2.75, 3.05) is 11.9 Å². The Morgan fingerprint density at radius 3 is 2.62 bits per heavy atom. The van der Waals surface area contributed by atoms with Gasteiger partial charge >= 0.3 is 6.09 Å². The van der Waals surface area contributed by atoms with Crippen LogP contribution in [0.1, 0.15) is 6.92 Å². The van der Waals surface area contributed by atoms with Crippen molar-refractivity contribution in [1.29, 1.82) is 0 Å². The zero-order chi connectivity index (χ0) is 15.6. The number of nitrogens with one attached hydrogen (secondary N) is 1. The second kappa shape index (κ2) is 5.58. The topological polar surface area (TPSA) is 113 Å². The number of carbonyl (C=O) groups excluding carboxylic acids is 1. The number of anilines is 1. The average Bonchev–Trinajstić information content (AvgIpc) is 2.38. The number of hydrogen-bond donors (Lipinski definition) is 3. The van der Waals surface area contributed by atoms with Crippen LogP contribution in [-0.2, 0) is 14.9 Å². The minimum atomic E-state index is -4.40. The van der Waals surface area contributed by atoms with Crippen LogP contribution >= 0.6 is 0 Å². The molecule has 1 amide bonds. The molecule has 0 aromatic heterocycles. The molecule has 0 unspecified atom stereocenters. The van der Waals surface area contributed by atoms with Gasteiger partial charge in [-0.05, 0) is 30.5 Å². The fraction of sp³-hybridized carbons (Fsp3) is 0.154. The molecular formula is C13H13NO6S. The third kappa shape index (κ3) is 3.41. The smallest absolute Gasteiger partial charge is 0.411 e. The van der Waals surface area contributed by atoms with E-state index in [1.54, 1.807) is 6.92 Å². The third-order valence-corrected chi connectivity index (χ3v) is 3.56. The maximum absolute atomic E-state index is 11.3. The third-order valence-electron chi connectivity index (χ3n) is 2.73. The van der Waals surface area contributed by atoms with Crippen molar-refractivity contribution in [3.8, 4) is 5.75 Å². The Hall–Kier alpha value is -2.32. The van der Waals surface area contributed by atoms with E-state index in [1.165, 1.54) is 24.3 Å². The van der Waals surface area contributed by atoms with Crippen LogP contribution in [0.3, 0.4) is 0 Å². The summed E-state index contributed by atoms with van der Waals surface area (Å²) < 4.78 is 35.9. The molecule has 0 heterocycles. The van der Waals surface area contributed by atoms with E-state index in [0.29, 0.717) is 16.5 Å². The van der Waals surface area contributed by atoms with E-state index < -0.39 is 21.1 Å². The van der Waals surface area contributed by atoms with E-state index in [1.807, 2.05) is 0 Å². The van der Waals surface area contributed by atoms with Gasteiger partial charge in [-0.3, -0.25) is 9.87 Å². The van der Waals surface area contributed by atoms with Crippen LogP contribution in [0, 0.1) is 0 Å². The highest BCUT2D eigenvalue weighted by Crippen LogP contribution is 2.30. The predicted molar refractivity (Wildman–Crippen MR) is 76.1 cm³/mol. The molecule has 0 bridgehead atoms. The lowest BCUT2D eigenvalue weighted by Crippen LogP contribution is -2.13. The molecule has 2 aromatic rings. The van der Waals surface area contributed by atoms with Crippen molar-refractivity contribution in [2.24, 2.45) is 0 Å². The van der Waals surface area contributed by atoms with Crippen molar-refractivity contribution >= 4 is 32.7 Å². The summed E-state index contributed by atoms with van der Waals surface area (Å²) in [6.07, 6.45) is -0.633.